The summed E-state index contributed by atoms with van der Waals surface area (Å²) in [4.78, 5) is 4.48. The maximum Gasteiger partial charge on any atom is 0.212 e. The van der Waals surface area contributed by atoms with Gasteiger partial charge in [-0.25, -0.2) is 9.37 Å². The van der Waals surface area contributed by atoms with Crippen molar-refractivity contribution in [1.29, 1.82) is 0 Å². The lowest BCUT2D eigenvalue weighted by atomic mass is 9.32. The molecule has 0 aliphatic heterocycles. The zero-order valence-corrected chi connectivity index (χ0v) is 21.3. The summed E-state index contributed by atoms with van der Waals surface area (Å²) >= 11 is 0. The van der Waals surface area contributed by atoms with Crippen LogP contribution in [0.5, 0.6) is 0 Å². The smallest absolute Gasteiger partial charge is 0.212 e. The molecule has 4 heteroatoms. The zero-order valence-electron chi connectivity index (χ0n) is 21.3. The molecule has 0 spiro atoms. The van der Waals surface area contributed by atoms with E-state index in [-0.39, 0.29) is 5.82 Å². The Morgan fingerprint density at radius 1 is 0.806 bits per heavy atom. The fraction of sp³-hybridized carbons (Fsp3) is 0.344. The largest absolute Gasteiger partial charge is 0.332 e. The zero-order chi connectivity index (χ0) is 24.7. The minimum atomic E-state index is -0.149. The molecule has 0 unspecified atom stereocenters. The molecule has 0 radical (unpaired) electrons. The van der Waals surface area contributed by atoms with Crippen molar-refractivity contribution in [2.24, 2.45) is 0 Å². The lowest BCUT2D eigenvalue weighted by molar-refractivity contribution is 0.499. The number of hydrogen-bond acceptors (Lipinski definition) is 1. The molecule has 2 aliphatic carbocycles. The van der Waals surface area contributed by atoms with E-state index < -0.39 is 0 Å². The average molecular weight is 478 g/mol. The minimum Gasteiger partial charge on any atom is -0.332 e. The van der Waals surface area contributed by atoms with Crippen molar-refractivity contribution in [2.45, 2.75) is 70.1 Å². The Labute approximate surface area is 215 Å². The third-order valence-electron chi connectivity index (χ3n) is 7.81. The highest BCUT2D eigenvalue weighted by Crippen LogP contribution is 2.36. The number of nitrogens with zero attached hydrogens (tertiary/aromatic N) is 2. The van der Waals surface area contributed by atoms with E-state index in [4.69, 9.17) is 0 Å². The Morgan fingerprint density at radius 3 is 2.17 bits per heavy atom. The van der Waals surface area contributed by atoms with Crippen LogP contribution < -0.4 is 10.9 Å². The van der Waals surface area contributed by atoms with E-state index in [9.17, 15) is 4.39 Å². The number of aryl methyl sites for hydroxylation is 1. The average Bonchev–Trinajstić information content (AvgIpc) is 3.66. The highest BCUT2D eigenvalue weighted by molar-refractivity contribution is 6.86. The van der Waals surface area contributed by atoms with Crippen LogP contribution in [0, 0.1) is 12.7 Å². The van der Waals surface area contributed by atoms with Gasteiger partial charge in [0.1, 0.15) is 11.6 Å². The van der Waals surface area contributed by atoms with Crippen molar-refractivity contribution in [3.8, 4) is 0 Å². The van der Waals surface area contributed by atoms with Crippen molar-refractivity contribution in [2.75, 3.05) is 0 Å². The molecule has 1 heterocycles. The lowest BCUT2D eigenvalue weighted by Crippen LogP contribution is -2.46. The van der Waals surface area contributed by atoms with Crippen LogP contribution in [0.1, 0.15) is 67.9 Å². The Balaban J connectivity index is 0.000000152. The van der Waals surface area contributed by atoms with Crippen molar-refractivity contribution in [3.05, 3.63) is 114 Å². The molecule has 36 heavy (non-hydrogen) atoms. The van der Waals surface area contributed by atoms with Crippen molar-refractivity contribution < 1.29 is 4.39 Å². The van der Waals surface area contributed by atoms with Crippen molar-refractivity contribution in [3.63, 3.8) is 0 Å². The van der Waals surface area contributed by atoms with Gasteiger partial charge in [-0.3, -0.25) is 0 Å². The van der Waals surface area contributed by atoms with E-state index in [0.717, 1.165) is 12.5 Å². The summed E-state index contributed by atoms with van der Waals surface area (Å²) in [6.07, 6.45) is 14.2. The predicted octanol–water partition coefficient (Wildman–Crippen LogP) is 6.89. The highest BCUT2D eigenvalue weighted by atomic mass is 19.1. The predicted molar refractivity (Wildman–Crippen MR) is 149 cm³/mol. The number of benzene rings is 3. The van der Waals surface area contributed by atoms with Gasteiger partial charge in [0.2, 0.25) is 6.71 Å². The molecule has 0 N–H and O–H groups in total. The second-order valence-corrected chi connectivity index (χ2v) is 10.4. The first-order valence-corrected chi connectivity index (χ1v) is 13.6. The first-order valence-electron chi connectivity index (χ1n) is 13.6. The molecule has 4 aromatic rings. The van der Waals surface area contributed by atoms with Gasteiger partial charge >= 0.3 is 0 Å². The molecule has 6 rings (SSSR count). The van der Waals surface area contributed by atoms with Crippen LogP contribution in [0.4, 0.5) is 4.39 Å². The molecule has 2 saturated carbocycles. The van der Waals surface area contributed by atoms with Crippen LogP contribution in [-0.4, -0.2) is 16.3 Å². The Bertz CT molecular complexity index is 1220. The Hall–Kier alpha value is -3.14. The maximum absolute atomic E-state index is 13.2. The third-order valence-corrected chi connectivity index (χ3v) is 7.81. The molecule has 3 aromatic carbocycles. The van der Waals surface area contributed by atoms with Crippen LogP contribution in [0.15, 0.2) is 91.3 Å². The van der Waals surface area contributed by atoms with E-state index in [0.29, 0.717) is 12.5 Å². The van der Waals surface area contributed by atoms with Gasteiger partial charge in [-0.2, -0.15) is 0 Å². The molecular weight excluding hydrogens is 442 g/mol. The molecular formula is C32H36BFN2. The number of aromatic nitrogens is 2. The van der Waals surface area contributed by atoms with Crippen LogP contribution in [0.25, 0.3) is 0 Å². The second-order valence-electron chi connectivity index (χ2n) is 10.4. The van der Waals surface area contributed by atoms with Crippen molar-refractivity contribution >= 4 is 17.6 Å². The van der Waals surface area contributed by atoms with Gasteiger partial charge in [-0.15, -0.1) is 0 Å². The lowest BCUT2D eigenvalue weighted by Gasteiger charge is -2.28. The number of rotatable bonds is 6. The molecule has 184 valence electrons. The summed E-state index contributed by atoms with van der Waals surface area (Å²) < 4.78 is 15.5. The van der Waals surface area contributed by atoms with E-state index in [2.05, 4.69) is 77.3 Å². The molecule has 0 amide bonds. The van der Waals surface area contributed by atoms with E-state index in [1.54, 1.807) is 12.1 Å². The molecule has 2 fully saturated rings. The fourth-order valence-corrected chi connectivity index (χ4v) is 5.68. The topological polar surface area (TPSA) is 17.8 Å². The summed E-state index contributed by atoms with van der Waals surface area (Å²) in [7, 11) is 0. The van der Waals surface area contributed by atoms with Gasteiger partial charge in [0, 0.05) is 24.9 Å². The van der Waals surface area contributed by atoms with Crippen molar-refractivity contribution in [1.82, 2.24) is 9.55 Å². The van der Waals surface area contributed by atoms with E-state index in [1.807, 2.05) is 18.3 Å². The molecule has 0 bridgehead atoms. The summed E-state index contributed by atoms with van der Waals surface area (Å²) in [6, 6.07) is 27.1. The SMILES string of the molecule is Cc1ccccc1Cc1nccn1C1CC1.Fc1ccc(B(c2ccccc2)C2CCCCC2)cc1. The monoisotopic (exact) mass is 478 g/mol. The minimum absolute atomic E-state index is 0.149. The molecule has 2 aliphatic rings. The number of hydrogen-bond donors (Lipinski definition) is 0. The second kappa shape index (κ2) is 11.7. The molecule has 0 saturated heterocycles. The molecule has 2 nitrogen and oxygen atoms in total. The van der Waals surface area contributed by atoms with Gasteiger partial charge in [-0.1, -0.05) is 116 Å². The summed E-state index contributed by atoms with van der Waals surface area (Å²) in [5.74, 6) is 1.75. The van der Waals surface area contributed by atoms with Gasteiger partial charge in [0.05, 0.1) is 0 Å². The first-order chi connectivity index (χ1) is 17.7. The summed E-state index contributed by atoms with van der Waals surface area (Å²) in [5, 5.41) is 0. The standard InChI is InChI=1S/C18H20BF.C14H16N2/c20-18-13-11-17(12-14-18)19(15-7-3-1-4-8-15)16-9-5-2-6-10-16;1-11-4-2-3-5-12(11)10-14-15-8-9-16(14)13-6-7-13/h1,3-4,7-8,11-14,16H,2,5-6,9-10H2;2-5,8-9,13H,6-7,10H2,1H3. The maximum atomic E-state index is 13.2. The van der Waals surface area contributed by atoms with Crippen LogP contribution >= 0.6 is 0 Å². The van der Waals surface area contributed by atoms with E-state index >= 15 is 0 Å². The Morgan fingerprint density at radius 2 is 1.47 bits per heavy atom. The third kappa shape index (κ3) is 6.16. The van der Waals surface area contributed by atoms with Gasteiger partial charge in [0.15, 0.2) is 0 Å². The summed E-state index contributed by atoms with van der Waals surface area (Å²) in [6.45, 7) is 2.58. The quantitative estimate of drug-likeness (QED) is 0.276. The fourth-order valence-electron chi connectivity index (χ4n) is 5.68. The highest BCUT2D eigenvalue weighted by Gasteiger charge is 2.30. The molecule has 1 aromatic heterocycles. The summed E-state index contributed by atoms with van der Waals surface area (Å²) in [5.41, 5.74) is 5.36. The van der Waals surface area contributed by atoms with Gasteiger partial charge in [0.25, 0.3) is 0 Å². The Kier molecular flexibility index (Phi) is 8.00. The van der Waals surface area contributed by atoms with Crippen LogP contribution in [0.2, 0.25) is 5.82 Å². The van der Waals surface area contributed by atoms with Crippen LogP contribution in [0.3, 0.4) is 0 Å². The van der Waals surface area contributed by atoms with Gasteiger partial charge < -0.3 is 4.57 Å². The number of halogens is 1. The van der Waals surface area contributed by atoms with E-state index in [1.165, 1.54) is 72.8 Å². The normalized spacial score (nSPS) is 15.7. The van der Waals surface area contributed by atoms with Crippen LogP contribution in [-0.2, 0) is 6.42 Å². The first kappa shape index (κ1) is 24.6. The number of imidazole rings is 1. The van der Waals surface area contributed by atoms with Gasteiger partial charge in [-0.05, 0) is 43.0 Å². The molecule has 0 atom stereocenters.